The standard InChI is InChI=1S/C5H5.3CH3.Pd/c1-2-4-5-3-1;;;;/h1-5H;3*1H3;/q4*-1;. The summed E-state index contributed by atoms with van der Waals surface area (Å²) < 4.78 is 0. The van der Waals surface area contributed by atoms with Crippen molar-refractivity contribution in [2.45, 2.75) is 0 Å². The summed E-state index contributed by atoms with van der Waals surface area (Å²) in [4.78, 5) is 0. The minimum atomic E-state index is 0. The van der Waals surface area contributed by atoms with Gasteiger partial charge in [-0.3, -0.25) is 0 Å². The predicted octanol–water partition coefficient (Wildman–Crippen LogP) is 2.75. The van der Waals surface area contributed by atoms with Crippen molar-refractivity contribution < 1.29 is 20.4 Å². The molecule has 0 atom stereocenters. The van der Waals surface area contributed by atoms with Crippen molar-refractivity contribution in [1.82, 2.24) is 0 Å². The Morgan fingerprint density at radius 1 is 0.778 bits per heavy atom. The molecule has 1 rings (SSSR count). The minimum absolute atomic E-state index is 0. The van der Waals surface area contributed by atoms with Crippen LogP contribution in [0.3, 0.4) is 0 Å². The second kappa shape index (κ2) is 15.7. The second-order valence-electron chi connectivity index (χ2n) is 0.962. The molecule has 1 heteroatoms. The van der Waals surface area contributed by atoms with E-state index < -0.39 is 0 Å². The monoisotopic (exact) mass is 216 g/mol. The van der Waals surface area contributed by atoms with E-state index in [1.165, 1.54) is 0 Å². The molecule has 0 bridgehead atoms. The average molecular weight is 217 g/mol. The van der Waals surface area contributed by atoms with Gasteiger partial charge in [-0.05, 0) is 0 Å². The summed E-state index contributed by atoms with van der Waals surface area (Å²) >= 11 is 0. The predicted molar refractivity (Wildman–Crippen MR) is 41.3 cm³/mol. The largest absolute Gasteiger partial charge is 0.358 e. The third kappa shape index (κ3) is 11.5. The molecular weight excluding hydrogens is 203 g/mol. The van der Waals surface area contributed by atoms with Gasteiger partial charge in [0.1, 0.15) is 0 Å². The molecule has 0 nitrogen and oxygen atoms in total. The van der Waals surface area contributed by atoms with Gasteiger partial charge in [-0.25, -0.2) is 12.1 Å². The Hall–Kier alpha value is 0.0123. The van der Waals surface area contributed by atoms with Crippen LogP contribution in [0.25, 0.3) is 0 Å². The topological polar surface area (TPSA) is 0 Å². The molecule has 0 aromatic heterocycles. The van der Waals surface area contributed by atoms with E-state index in [1.54, 1.807) is 0 Å². The maximum Gasteiger partial charge on any atom is 0 e. The molecule has 60 valence electrons. The van der Waals surface area contributed by atoms with E-state index in [4.69, 9.17) is 0 Å². The quantitative estimate of drug-likeness (QED) is 0.462. The fourth-order valence-corrected chi connectivity index (χ4v) is 0.321. The van der Waals surface area contributed by atoms with E-state index in [1.807, 2.05) is 30.3 Å². The zero-order chi connectivity index (χ0) is 3.54. The van der Waals surface area contributed by atoms with Crippen LogP contribution in [0.4, 0.5) is 0 Å². The zero-order valence-corrected chi connectivity index (χ0v) is 7.76. The third-order valence-corrected chi connectivity index (χ3v) is 0.556. The first-order valence-corrected chi connectivity index (χ1v) is 1.67. The summed E-state index contributed by atoms with van der Waals surface area (Å²) in [6.45, 7) is 0. The van der Waals surface area contributed by atoms with Crippen molar-refractivity contribution in [3.8, 4) is 0 Å². The summed E-state index contributed by atoms with van der Waals surface area (Å²) in [6.07, 6.45) is 0. The zero-order valence-electron chi connectivity index (χ0n) is 6.20. The van der Waals surface area contributed by atoms with E-state index in [0.29, 0.717) is 0 Å². The molecule has 1 aromatic carbocycles. The van der Waals surface area contributed by atoms with Crippen LogP contribution in [-0.2, 0) is 20.4 Å². The Bertz CT molecular complexity index is 61.0. The van der Waals surface area contributed by atoms with Crippen LogP contribution in [0.5, 0.6) is 0 Å². The summed E-state index contributed by atoms with van der Waals surface area (Å²) in [7, 11) is 0. The van der Waals surface area contributed by atoms with Crippen molar-refractivity contribution in [2.75, 3.05) is 0 Å². The summed E-state index contributed by atoms with van der Waals surface area (Å²) in [5.41, 5.74) is 0. The van der Waals surface area contributed by atoms with Crippen LogP contribution in [0.2, 0.25) is 0 Å². The number of rotatable bonds is 0. The summed E-state index contributed by atoms with van der Waals surface area (Å²) in [6, 6.07) is 10.0. The summed E-state index contributed by atoms with van der Waals surface area (Å²) in [5.74, 6) is 0. The molecule has 0 saturated heterocycles. The van der Waals surface area contributed by atoms with Gasteiger partial charge in [0.15, 0.2) is 0 Å². The van der Waals surface area contributed by atoms with Crippen molar-refractivity contribution in [3.05, 3.63) is 52.6 Å². The molecule has 9 heavy (non-hydrogen) atoms. The van der Waals surface area contributed by atoms with Crippen molar-refractivity contribution in [2.24, 2.45) is 0 Å². The van der Waals surface area contributed by atoms with Crippen molar-refractivity contribution in [1.29, 1.82) is 0 Å². The first-order valence-electron chi connectivity index (χ1n) is 1.67. The maximum absolute atomic E-state index is 2.00. The first-order chi connectivity index (χ1) is 2.50. The molecule has 0 N–H and O–H groups in total. The molecule has 0 radical (unpaired) electrons. The Kier molecular flexibility index (Phi) is 40.1. The second-order valence-corrected chi connectivity index (χ2v) is 0.962. The van der Waals surface area contributed by atoms with Gasteiger partial charge in [0.05, 0.1) is 0 Å². The van der Waals surface area contributed by atoms with Crippen LogP contribution in [0.1, 0.15) is 0 Å². The van der Waals surface area contributed by atoms with Crippen LogP contribution < -0.4 is 0 Å². The van der Waals surface area contributed by atoms with Gasteiger partial charge in [0.25, 0.3) is 0 Å². The van der Waals surface area contributed by atoms with Crippen LogP contribution in [0.15, 0.2) is 30.3 Å². The van der Waals surface area contributed by atoms with E-state index >= 15 is 0 Å². The fourth-order valence-electron chi connectivity index (χ4n) is 0.321. The molecule has 0 aliphatic carbocycles. The van der Waals surface area contributed by atoms with Crippen molar-refractivity contribution >= 4 is 0 Å². The fraction of sp³-hybridized carbons (Fsp3) is 0. The van der Waals surface area contributed by atoms with Gasteiger partial charge >= 0.3 is 0 Å². The molecule has 0 amide bonds. The normalized spacial score (nSPS) is 4.44. The Morgan fingerprint density at radius 2 is 1.11 bits per heavy atom. The smallest absolute Gasteiger partial charge is 0 e. The van der Waals surface area contributed by atoms with Gasteiger partial charge in [-0.2, -0.15) is 18.2 Å². The van der Waals surface area contributed by atoms with Crippen LogP contribution >= 0.6 is 0 Å². The van der Waals surface area contributed by atoms with Crippen LogP contribution in [-0.4, -0.2) is 0 Å². The number of hydrogen-bond donors (Lipinski definition) is 0. The van der Waals surface area contributed by atoms with Crippen molar-refractivity contribution in [3.63, 3.8) is 0 Å². The average Bonchev–Trinajstić information content (AvgIpc) is 1.76. The SMILES string of the molecule is [CH3-].[CH3-].[CH3-].[Pd].c1cc[cH-]c1. The van der Waals surface area contributed by atoms with Gasteiger partial charge < -0.3 is 22.3 Å². The van der Waals surface area contributed by atoms with E-state index in [2.05, 4.69) is 0 Å². The molecule has 1 aromatic rings. The maximum atomic E-state index is 2.00. The molecule has 0 unspecified atom stereocenters. The van der Waals surface area contributed by atoms with E-state index in [-0.39, 0.29) is 42.7 Å². The third-order valence-electron chi connectivity index (χ3n) is 0.556. The van der Waals surface area contributed by atoms with Crippen LogP contribution in [0, 0.1) is 22.3 Å². The molecule has 0 fully saturated rings. The molecular formula is C8H14Pd-4. The van der Waals surface area contributed by atoms with E-state index in [9.17, 15) is 0 Å². The minimum Gasteiger partial charge on any atom is -0.358 e. The molecule has 0 spiro atoms. The molecule has 0 heterocycles. The number of hydrogen-bond acceptors (Lipinski definition) is 0. The van der Waals surface area contributed by atoms with Gasteiger partial charge in [-0.1, -0.05) is 0 Å². The van der Waals surface area contributed by atoms with Gasteiger partial charge in [0, 0.05) is 20.4 Å². The summed E-state index contributed by atoms with van der Waals surface area (Å²) in [5, 5.41) is 0. The van der Waals surface area contributed by atoms with E-state index in [0.717, 1.165) is 0 Å². The Morgan fingerprint density at radius 3 is 1.22 bits per heavy atom. The Balaban J connectivity index is -0.0000000312. The van der Waals surface area contributed by atoms with Gasteiger partial charge in [-0.15, -0.1) is 0 Å². The molecule has 0 saturated carbocycles. The Labute approximate surface area is 73.3 Å². The molecule has 0 aliphatic rings. The molecule has 0 aliphatic heterocycles. The van der Waals surface area contributed by atoms with Gasteiger partial charge in [0.2, 0.25) is 0 Å². The first kappa shape index (κ1) is 23.0.